The molecule has 7 heteroatoms. The maximum Gasteiger partial charge on any atom is 0.231 e. The zero-order chi connectivity index (χ0) is 20.3. The van der Waals surface area contributed by atoms with Gasteiger partial charge in [0.1, 0.15) is 5.65 Å². The minimum Gasteiger partial charge on any atom is -0.481 e. The number of pyridine rings is 1. The van der Waals surface area contributed by atoms with E-state index in [1.165, 1.54) is 5.56 Å². The van der Waals surface area contributed by atoms with E-state index >= 15 is 0 Å². The summed E-state index contributed by atoms with van der Waals surface area (Å²) in [6, 6.07) is 7.83. The van der Waals surface area contributed by atoms with Crippen molar-refractivity contribution in [1.29, 1.82) is 0 Å². The number of aromatic nitrogens is 5. The fourth-order valence-electron chi connectivity index (χ4n) is 2.84. The molecule has 0 spiro atoms. The summed E-state index contributed by atoms with van der Waals surface area (Å²) in [6.07, 6.45) is 5.66. The molecule has 4 rings (SSSR count). The lowest BCUT2D eigenvalue weighted by atomic mass is 10.1. The summed E-state index contributed by atoms with van der Waals surface area (Å²) in [5.74, 6) is 2.32. The second-order valence-electron chi connectivity index (χ2n) is 7.13. The molecule has 0 unspecified atom stereocenters. The first-order valence-corrected chi connectivity index (χ1v) is 9.34. The average molecular weight is 381 g/mol. The molecule has 0 fully saturated rings. The normalized spacial score (nSPS) is 11.1. The molecule has 0 aliphatic heterocycles. The van der Waals surface area contributed by atoms with E-state index in [1.54, 1.807) is 20.4 Å². The lowest BCUT2D eigenvalue weighted by Crippen LogP contribution is -2.00. The Morgan fingerprint density at radius 3 is 2.18 bits per heavy atom. The molecular formula is C21H27N5O2. The quantitative estimate of drug-likeness (QED) is 0.526. The molecule has 0 atom stereocenters. The van der Waals surface area contributed by atoms with Crippen molar-refractivity contribution in [2.24, 2.45) is 0 Å². The van der Waals surface area contributed by atoms with E-state index in [2.05, 4.69) is 55.0 Å². The molecule has 0 saturated heterocycles. The van der Waals surface area contributed by atoms with Crippen molar-refractivity contribution < 1.29 is 9.47 Å². The number of rotatable bonds is 4. The Hall–Kier alpha value is -3.09. The van der Waals surface area contributed by atoms with Gasteiger partial charge in [-0.2, -0.15) is 0 Å². The predicted octanol–water partition coefficient (Wildman–Crippen LogP) is 4.33. The monoisotopic (exact) mass is 381 g/mol. The van der Waals surface area contributed by atoms with Gasteiger partial charge in [-0.15, -0.1) is 5.10 Å². The van der Waals surface area contributed by atoms with Crippen LogP contribution in [-0.2, 0) is 0 Å². The molecule has 0 aliphatic carbocycles. The van der Waals surface area contributed by atoms with E-state index in [9.17, 15) is 0 Å². The van der Waals surface area contributed by atoms with E-state index in [1.807, 2.05) is 33.3 Å². The van der Waals surface area contributed by atoms with Crippen molar-refractivity contribution in [1.82, 2.24) is 24.0 Å². The summed E-state index contributed by atoms with van der Waals surface area (Å²) in [6.45, 7) is 8.57. The first-order chi connectivity index (χ1) is 13.4. The number of methoxy groups -OCH3 is 2. The van der Waals surface area contributed by atoms with Crippen LogP contribution in [0.25, 0.3) is 11.3 Å². The van der Waals surface area contributed by atoms with Gasteiger partial charge in [0.2, 0.25) is 11.8 Å². The SMILES string of the molecule is COc1ccc2ncc(C(C)C)n2n1.COc1cnc2ccc(C(C)C)cn12. The molecule has 4 aromatic heterocycles. The number of nitrogens with zero attached hydrogens (tertiary/aromatic N) is 5. The Morgan fingerprint density at radius 2 is 1.54 bits per heavy atom. The van der Waals surface area contributed by atoms with Crippen molar-refractivity contribution in [2.45, 2.75) is 39.5 Å². The molecular weight excluding hydrogens is 354 g/mol. The topological polar surface area (TPSA) is 66.0 Å². The Balaban J connectivity index is 0.000000161. The molecule has 0 aromatic carbocycles. The second-order valence-corrected chi connectivity index (χ2v) is 7.13. The smallest absolute Gasteiger partial charge is 0.231 e. The van der Waals surface area contributed by atoms with Crippen molar-refractivity contribution in [3.05, 3.63) is 54.1 Å². The van der Waals surface area contributed by atoms with E-state index in [0.717, 1.165) is 22.9 Å². The van der Waals surface area contributed by atoms with Gasteiger partial charge in [0.25, 0.3) is 0 Å². The molecule has 0 bridgehead atoms. The molecule has 4 heterocycles. The first-order valence-electron chi connectivity index (χ1n) is 9.34. The van der Waals surface area contributed by atoms with Gasteiger partial charge in [-0.05, 0) is 29.5 Å². The Kier molecular flexibility index (Phi) is 5.82. The summed E-state index contributed by atoms with van der Waals surface area (Å²) >= 11 is 0. The molecule has 4 aromatic rings. The van der Waals surface area contributed by atoms with Gasteiger partial charge in [0, 0.05) is 12.3 Å². The highest BCUT2D eigenvalue weighted by molar-refractivity contribution is 5.44. The second kappa shape index (κ2) is 8.29. The zero-order valence-corrected chi connectivity index (χ0v) is 17.2. The van der Waals surface area contributed by atoms with Crippen LogP contribution >= 0.6 is 0 Å². The summed E-state index contributed by atoms with van der Waals surface area (Å²) in [7, 11) is 3.27. The van der Waals surface area contributed by atoms with Crippen molar-refractivity contribution >= 4 is 11.3 Å². The number of ether oxygens (including phenoxy) is 2. The average Bonchev–Trinajstić information content (AvgIpc) is 3.31. The van der Waals surface area contributed by atoms with Gasteiger partial charge < -0.3 is 9.47 Å². The van der Waals surface area contributed by atoms with Crippen LogP contribution in [0.15, 0.2) is 42.9 Å². The van der Waals surface area contributed by atoms with E-state index in [-0.39, 0.29) is 0 Å². The number of hydrogen-bond acceptors (Lipinski definition) is 5. The molecule has 0 amide bonds. The standard InChI is InChI=1S/C11H14N2O.C10H13N3O/c1-8(2)9-4-5-10-12-6-11(14-3)13(10)7-9;1-7(2)8-6-11-9-4-5-10(14-3)12-13(8)9/h4-8H,1-3H3;4-7H,1-3H3. The minimum absolute atomic E-state index is 0.407. The van der Waals surface area contributed by atoms with Crippen LogP contribution in [0.3, 0.4) is 0 Å². The minimum atomic E-state index is 0.407. The van der Waals surface area contributed by atoms with Gasteiger partial charge in [0.05, 0.1) is 32.3 Å². The third kappa shape index (κ3) is 3.93. The van der Waals surface area contributed by atoms with Gasteiger partial charge in [0.15, 0.2) is 5.65 Å². The highest BCUT2D eigenvalue weighted by Gasteiger charge is 2.08. The van der Waals surface area contributed by atoms with Crippen LogP contribution in [0.1, 0.15) is 50.8 Å². The fourth-order valence-corrected chi connectivity index (χ4v) is 2.84. The summed E-state index contributed by atoms with van der Waals surface area (Å²) in [4.78, 5) is 8.49. The molecule has 0 saturated carbocycles. The maximum absolute atomic E-state index is 5.20. The highest BCUT2D eigenvalue weighted by Crippen LogP contribution is 2.19. The predicted molar refractivity (Wildman–Crippen MR) is 109 cm³/mol. The lowest BCUT2D eigenvalue weighted by molar-refractivity contribution is 0.389. The van der Waals surface area contributed by atoms with Crippen LogP contribution in [0, 0.1) is 0 Å². The third-order valence-corrected chi connectivity index (χ3v) is 4.54. The van der Waals surface area contributed by atoms with Crippen LogP contribution in [-0.4, -0.2) is 38.2 Å². The first kappa shape index (κ1) is 19.7. The third-order valence-electron chi connectivity index (χ3n) is 4.54. The van der Waals surface area contributed by atoms with Crippen LogP contribution < -0.4 is 9.47 Å². The Morgan fingerprint density at radius 1 is 0.821 bits per heavy atom. The molecule has 0 radical (unpaired) electrons. The van der Waals surface area contributed by atoms with Crippen molar-refractivity contribution in [2.75, 3.05) is 14.2 Å². The highest BCUT2D eigenvalue weighted by atomic mass is 16.5. The lowest BCUT2D eigenvalue weighted by Gasteiger charge is -2.06. The maximum atomic E-state index is 5.20. The van der Waals surface area contributed by atoms with Crippen molar-refractivity contribution in [3.8, 4) is 11.8 Å². The van der Waals surface area contributed by atoms with Gasteiger partial charge in [-0.3, -0.25) is 4.40 Å². The molecule has 7 nitrogen and oxygen atoms in total. The molecule has 0 N–H and O–H groups in total. The zero-order valence-electron chi connectivity index (χ0n) is 17.2. The van der Waals surface area contributed by atoms with E-state index in [4.69, 9.17) is 9.47 Å². The van der Waals surface area contributed by atoms with E-state index < -0.39 is 0 Å². The fraction of sp³-hybridized carbons (Fsp3) is 0.381. The van der Waals surface area contributed by atoms with Gasteiger partial charge in [-0.25, -0.2) is 14.5 Å². The van der Waals surface area contributed by atoms with Gasteiger partial charge >= 0.3 is 0 Å². The van der Waals surface area contributed by atoms with Crippen LogP contribution in [0.5, 0.6) is 11.8 Å². The van der Waals surface area contributed by atoms with Crippen molar-refractivity contribution in [3.63, 3.8) is 0 Å². The Bertz CT molecular complexity index is 1070. The number of hydrogen-bond donors (Lipinski definition) is 0. The molecule has 0 aliphatic rings. The number of imidazole rings is 2. The largest absolute Gasteiger partial charge is 0.481 e. The molecule has 28 heavy (non-hydrogen) atoms. The van der Waals surface area contributed by atoms with Crippen LogP contribution in [0.4, 0.5) is 0 Å². The number of fused-ring (bicyclic) bond motifs is 2. The summed E-state index contributed by atoms with van der Waals surface area (Å²) < 4.78 is 14.1. The summed E-state index contributed by atoms with van der Waals surface area (Å²) in [5.41, 5.74) is 4.16. The van der Waals surface area contributed by atoms with E-state index in [0.29, 0.717) is 17.7 Å². The summed E-state index contributed by atoms with van der Waals surface area (Å²) in [5, 5.41) is 4.31. The molecule has 148 valence electrons. The Labute approximate surface area is 165 Å². The van der Waals surface area contributed by atoms with Gasteiger partial charge in [-0.1, -0.05) is 33.8 Å². The van der Waals surface area contributed by atoms with Crippen LogP contribution in [0.2, 0.25) is 0 Å².